The van der Waals surface area contributed by atoms with Crippen LogP contribution in [0.3, 0.4) is 0 Å². The third-order valence-electron chi connectivity index (χ3n) is 5.01. The van der Waals surface area contributed by atoms with E-state index in [1.807, 2.05) is 5.32 Å². The molecule has 3 aromatic rings. The molecule has 0 saturated heterocycles. The molecule has 204 valence electrons. The molecule has 0 aliphatic rings. The van der Waals surface area contributed by atoms with Crippen molar-refractivity contribution in [3.8, 4) is 5.75 Å². The summed E-state index contributed by atoms with van der Waals surface area (Å²) in [7, 11) is -3.69. The lowest BCUT2D eigenvalue weighted by atomic mass is 10.1. The van der Waals surface area contributed by atoms with Crippen LogP contribution in [0.15, 0.2) is 66.7 Å². The van der Waals surface area contributed by atoms with E-state index in [2.05, 4.69) is 0 Å². The first-order valence-corrected chi connectivity index (χ1v) is 12.8. The summed E-state index contributed by atoms with van der Waals surface area (Å²) < 4.78 is 109. The molecular formula is C24H19ClF6N2O4S. The number of nitrogens with zero attached hydrogens (tertiary/aromatic N) is 1. The SMILES string of the molecule is CS(=O)(=O)N(Cc1ccc(Cl)cc1)c1ccc(OCC(=O)Nc2cc(C(F)(F)F)cc(C(F)(F)F)c2)cc1. The molecule has 38 heavy (non-hydrogen) atoms. The number of carbonyl (C=O) groups is 1. The Kier molecular flexibility index (Phi) is 8.52. The molecule has 0 unspecified atom stereocenters. The number of sulfonamides is 1. The molecular weight excluding hydrogens is 562 g/mol. The fourth-order valence-corrected chi connectivity index (χ4v) is 4.25. The summed E-state index contributed by atoms with van der Waals surface area (Å²) in [4.78, 5) is 12.1. The van der Waals surface area contributed by atoms with Gasteiger partial charge in [-0.05, 0) is 60.2 Å². The second-order valence-corrected chi connectivity index (χ2v) is 10.4. The van der Waals surface area contributed by atoms with Crippen molar-refractivity contribution in [2.45, 2.75) is 18.9 Å². The normalized spacial score (nSPS) is 12.2. The number of amides is 1. The van der Waals surface area contributed by atoms with Gasteiger partial charge in [0.05, 0.1) is 29.6 Å². The summed E-state index contributed by atoms with van der Waals surface area (Å²) in [6.07, 6.45) is -9.10. The summed E-state index contributed by atoms with van der Waals surface area (Å²) in [5.74, 6) is -0.911. The number of rotatable bonds is 8. The maximum absolute atomic E-state index is 13.0. The van der Waals surface area contributed by atoms with Crippen LogP contribution in [0, 0.1) is 0 Å². The third kappa shape index (κ3) is 8.02. The Morgan fingerprint density at radius 2 is 1.42 bits per heavy atom. The van der Waals surface area contributed by atoms with Gasteiger partial charge in [0.2, 0.25) is 10.0 Å². The molecule has 0 aliphatic heterocycles. The number of carbonyl (C=O) groups excluding carboxylic acids is 1. The number of anilines is 2. The fraction of sp³-hybridized carbons (Fsp3) is 0.208. The maximum atomic E-state index is 13.0. The molecule has 6 nitrogen and oxygen atoms in total. The molecule has 0 bridgehead atoms. The second-order valence-electron chi connectivity index (χ2n) is 8.02. The van der Waals surface area contributed by atoms with Gasteiger partial charge in [-0.2, -0.15) is 26.3 Å². The van der Waals surface area contributed by atoms with Gasteiger partial charge in [-0.25, -0.2) is 8.42 Å². The van der Waals surface area contributed by atoms with Crippen molar-refractivity contribution in [3.63, 3.8) is 0 Å². The van der Waals surface area contributed by atoms with Gasteiger partial charge in [0.25, 0.3) is 5.91 Å². The smallest absolute Gasteiger partial charge is 0.416 e. The molecule has 1 amide bonds. The Labute approximate surface area is 218 Å². The number of ether oxygens (including phenoxy) is 1. The highest BCUT2D eigenvalue weighted by Gasteiger charge is 2.37. The summed E-state index contributed by atoms with van der Waals surface area (Å²) >= 11 is 5.86. The highest BCUT2D eigenvalue weighted by Crippen LogP contribution is 2.37. The molecule has 1 N–H and O–H groups in total. The van der Waals surface area contributed by atoms with Gasteiger partial charge in [0.1, 0.15) is 5.75 Å². The fourth-order valence-electron chi connectivity index (χ4n) is 3.24. The number of halogens is 7. The number of benzene rings is 3. The number of alkyl halides is 6. The van der Waals surface area contributed by atoms with Gasteiger partial charge >= 0.3 is 12.4 Å². The number of hydrogen-bond donors (Lipinski definition) is 1. The van der Waals surface area contributed by atoms with Gasteiger partial charge in [0, 0.05) is 10.7 Å². The number of hydrogen-bond acceptors (Lipinski definition) is 4. The molecule has 3 rings (SSSR count). The molecule has 3 aromatic carbocycles. The Hall–Kier alpha value is -3.45. The predicted molar refractivity (Wildman–Crippen MR) is 129 cm³/mol. The average molecular weight is 581 g/mol. The lowest BCUT2D eigenvalue weighted by Gasteiger charge is -2.23. The van der Waals surface area contributed by atoms with Gasteiger partial charge in [-0.15, -0.1) is 0 Å². The molecule has 0 spiro atoms. The van der Waals surface area contributed by atoms with E-state index >= 15 is 0 Å². The highest BCUT2D eigenvalue weighted by atomic mass is 35.5. The average Bonchev–Trinajstić information content (AvgIpc) is 2.81. The van der Waals surface area contributed by atoms with E-state index in [1.165, 1.54) is 24.3 Å². The van der Waals surface area contributed by atoms with Gasteiger partial charge in [-0.1, -0.05) is 23.7 Å². The van der Waals surface area contributed by atoms with E-state index in [-0.39, 0.29) is 24.0 Å². The van der Waals surface area contributed by atoms with Crippen LogP contribution in [0.25, 0.3) is 0 Å². The molecule has 0 heterocycles. The highest BCUT2D eigenvalue weighted by molar-refractivity contribution is 7.92. The van der Waals surface area contributed by atoms with E-state index in [4.69, 9.17) is 16.3 Å². The van der Waals surface area contributed by atoms with E-state index in [9.17, 15) is 39.6 Å². The largest absolute Gasteiger partial charge is 0.484 e. The first-order chi connectivity index (χ1) is 17.5. The van der Waals surface area contributed by atoms with Crippen LogP contribution in [-0.4, -0.2) is 27.2 Å². The van der Waals surface area contributed by atoms with Crippen molar-refractivity contribution < 1.29 is 44.3 Å². The van der Waals surface area contributed by atoms with Crippen LogP contribution in [0.4, 0.5) is 37.7 Å². The summed E-state index contributed by atoms with van der Waals surface area (Å²) in [5.41, 5.74) is -2.91. The Morgan fingerprint density at radius 3 is 1.89 bits per heavy atom. The van der Waals surface area contributed by atoms with Crippen molar-refractivity contribution >= 4 is 38.9 Å². The molecule has 0 saturated carbocycles. The van der Waals surface area contributed by atoms with E-state index in [0.717, 1.165) is 10.6 Å². The van der Waals surface area contributed by atoms with Crippen LogP contribution in [0.1, 0.15) is 16.7 Å². The Balaban J connectivity index is 1.69. The van der Waals surface area contributed by atoms with Crippen LogP contribution in [0.5, 0.6) is 5.75 Å². The predicted octanol–water partition coefficient (Wildman–Crippen LogP) is 6.36. The van der Waals surface area contributed by atoms with E-state index in [1.54, 1.807) is 24.3 Å². The standard InChI is InChI=1S/C24H19ClF6N2O4S/c1-38(35,36)33(13-15-2-4-18(25)5-3-15)20-6-8-21(9-7-20)37-14-22(34)32-19-11-16(23(26,27)28)10-17(12-19)24(29,30)31/h2-12H,13-14H2,1H3,(H,32,34). The van der Waals surface area contributed by atoms with Gasteiger partial charge in [-0.3, -0.25) is 9.10 Å². The van der Waals surface area contributed by atoms with Gasteiger partial charge < -0.3 is 10.1 Å². The Bertz CT molecular complexity index is 1360. The quantitative estimate of drug-likeness (QED) is 0.315. The minimum absolute atomic E-state index is 0.00944. The summed E-state index contributed by atoms with van der Waals surface area (Å²) in [5, 5.41) is 2.44. The minimum Gasteiger partial charge on any atom is -0.484 e. The van der Waals surface area contributed by atoms with Crippen molar-refractivity contribution in [3.05, 3.63) is 88.4 Å². The molecule has 14 heteroatoms. The molecule has 0 radical (unpaired) electrons. The summed E-state index contributed by atoms with van der Waals surface area (Å²) in [6, 6.07) is 12.8. The zero-order valence-electron chi connectivity index (χ0n) is 19.4. The van der Waals surface area contributed by atoms with Crippen LogP contribution in [-0.2, 0) is 33.7 Å². The molecule has 0 aromatic heterocycles. The molecule has 0 atom stereocenters. The third-order valence-corrected chi connectivity index (χ3v) is 6.40. The van der Waals surface area contributed by atoms with Crippen LogP contribution < -0.4 is 14.4 Å². The zero-order valence-corrected chi connectivity index (χ0v) is 21.0. The van der Waals surface area contributed by atoms with E-state index < -0.39 is 51.7 Å². The lowest BCUT2D eigenvalue weighted by molar-refractivity contribution is -0.143. The van der Waals surface area contributed by atoms with E-state index in [0.29, 0.717) is 22.7 Å². The first-order valence-electron chi connectivity index (χ1n) is 10.6. The van der Waals surface area contributed by atoms with Crippen molar-refractivity contribution in [2.24, 2.45) is 0 Å². The lowest BCUT2D eigenvalue weighted by Crippen LogP contribution is -2.29. The molecule has 0 fully saturated rings. The van der Waals surface area contributed by atoms with Crippen molar-refractivity contribution in [1.29, 1.82) is 0 Å². The second kappa shape index (κ2) is 11.1. The van der Waals surface area contributed by atoms with Crippen molar-refractivity contribution in [1.82, 2.24) is 0 Å². The van der Waals surface area contributed by atoms with Gasteiger partial charge in [0.15, 0.2) is 6.61 Å². The number of nitrogens with one attached hydrogen (secondary N) is 1. The zero-order chi connectivity index (χ0) is 28.3. The van der Waals surface area contributed by atoms with Crippen LogP contribution >= 0.6 is 11.6 Å². The monoisotopic (exact) mass is 580 g/mol. The topological polar surface area (TPSA) is 75.7 Å². The first kappa shape index (κ1) is 29.1. The Morgan fingerprint density at radius 1 is 0.895 bits per heavy atom. The maximum Gasteiger partial charge on any atom is 0.416 e. The molecule has 0 aliphatic carbocycles. The minimum atomic E-state index is -5.06. The van der Waals surface area contributed by atoms with Crippen molar-refractivity contribution in [2.75, 3.05) is 22.5 Å². The van der Waals surface area contributed by atoms with Crippen LogP contribution in [0.2, 0.25) is 5.02 Å². The summed E-state index contributed by atoms with van der Waals surface area (Å²) in [6.45, 7) is -0.729.